The maximum absolute atomic E-state index is 12.2. The number of aliphatic imine (C=N–C) groups is 1. The van der Waals surface area contributed by atoms with Crippen LogP contribution in [0.4, 0.5) is 11.4 Å². The smallest absolute Gasteiger partial charge is 0.270 e. The number of nitrogens with zero attached hydrogens (tertiary/aromatic N) is 3. The first-order valence-corrected chi connectivity index (χ1v) is 7.19. The van der Waals surface area contributed by atoms with Crippen LogP contribution in [0.15, 0.2) is 40.4 Å². The van der Waals surface area contributed by atoms with Crippen molar-refractivity contribution in [2.45, 2.75) is 13.8 Å². The van der Waals surface area contributed by atoms with Crippen molar-refractivity contribution in [1.29, 1.82) is 5.26 Å². The van der Waals surface area contributed by atoms with Gasteiger partial charge < -0.3 is 5.32 Å². The third-order valence-electron chi connectivity index (χ3n) is 3.65. The van der Waals surface area contributed by atoms with Gasteiger partial charge in [-0.3, -0.25) is 24.3 Å². The molecule has 1 aliphatic heterocycles. The van der Waals surface area contributed by atoms with Gasteiger partial charge in [0.2, 0.25) is 11.8 Å². The second kappa shape index (κ2) is 6.87. The fraction of sp³-hybridized carbons (Fsp3) is 0.235. The largest absolute Gasteiger partial charge is 0.326 e. The van der Waals surface area contributed by atoms with Crippen LogP contribution in [-0.2, 0) is 14.4 Å². The molecule has 1 unspecified atom stereocenters. The average molecular weight is 324 g/mol. The molecule has 2 rings (SSSR count). The minimum Gasteiger partial charge on any atom is -0.326 e. The summed E-state index contributed by atoms with van der Waals surface area (Å²) in [4.78, 5) is 40.2. The van der Waals surface area contributed by atoms with Crippen LogP contribution in [0.5, 0.6) is 0 Å². The maximum Gasteiger partial charge on any atom is 0.270 e. The second-order valence-electron chi connectivity index (χ2n) is 5.36. The molecule has 0 bridgehead atoms. The van der Waals surface area contributed by atoms with E-state index in [2.05, 4.69) is 10.3 Å². The van der Waals surface area contributed by atoms with Gasteiger partial charge in [0.15, 0.2) is 0 Å². The fourth-order valence-electron chi connectivity index (χ4n) is 2.29. The van der Waals surface area contributed by atoms with Crippen LogP contribution in [0.2, 0.25) is 0 Å². The number of amides is 3. The number of benzene rings is 1. The maximum atomic E-state index is 12.2. The molecule has 0 saturated heterocycles. The molecule has 7 nitrogen and oxygen atoms in total. The summed E-state index contributed by atoms with van der Waals surface area (Å²) < 4.78 is 0. The number of nitrogens with one attached hydrogen (secondary N) is 1. The number of nitriles is 1. The van der Waals surface area contributed by atoms with Crippen LogP contribution in [0.3, 0.4) is 0 Å². The summed E-state index contributed by atoms with van der Waals surface area (Å²) >= 11 is 0. The summed E-state index contributed by atoms with van der Waals surface area (Å²) in [5.74, 6) is -1.94. The highest BCUT2D eigenvalue weighted by Gasteiger charge is 2.36. The summed E-state index contributed by atoms with van der Waals surface area (Å²) in [5, 5.41) is 11.7. The van der Waals surface area contributed by atoms with Crippen LogP contribution in [-0.4, -0.2) is 35.9 Å². The zero-order valence-corrected chi connectivity index (χ0v) is 13.5. The zero-order chi connectivity index (χ0) is 17.9. The highest BCUT2D eigenvalue weighted by atomic mass is 16.2. The van der Waals surface area contributed by atoms with Crippen molar-refractivity contribution in [1.82, 2.24) is 4.90 Å². The Balaban J connectivity index is 2.26. The number of hydrogen-bond donors (Lipinski definition) is 1. The Bertz CT molecular complexity index is 800. The normalized spacial score (nSPS) is 18.1. The molecular weight excluding hydrogens is 308 g/mol. The number of rotatable bonds is 3. The molecule has 1 aliphatic rings. The van der Waals surface area contributed by atoms with Gasteiger partial charge in [0.1, 0.15) is 11.6 Å². The Hall–Kier alpha value is -3.27. The van der Waals surface area contributed by atoms with E-state index in [0.29, 0.717) is 16.9 Å². The zero-order valence-electron chi connectivity index (χ0n) is 13.5. The molecule has 24 heavy (non-hydrogen) atoms. The Labute approximate surface area is 139 Å². The monoisotopic (exact) mass is 324 g/mol. The number of hydrogen-bond acceptors (Lipinski definition) is 5. The molecule has 122 valence electrons. The molecular formula is C17H16N4O3. The minimum absolute atomic E-state index is 0.0328. The van der Waals surface area contributed by atoms with Gasteiger partial charge in [0.25, 0.3) is 5.91 Å². The SMILES string of the molecule is CC(=O)Nc1ccc(N=CC2C(=O)N(C)C(=O)C(C#N)=C2C)cc1. The Morgan fingerprint density at radius 1 is 1.33 bits per heavy atom. The van der Waals surface area contributed by atoms with Gasteiger partial charge in [-0.15, -0.1) is 0 Å². The van der Waals surface area contributed by atoms with E-state index in [-0.39, 0.29) is 11.5 Å². The van der Waals surface area contributed by atoms with Crippen molar-refractivity contribution in [2.75, 3.05) is 12.4 Å². The molecule has 3 amide bonds. The van der Waals surface area contributed by atoms with Crippen molar-refractivity contribution in [3.63, 3.8) is 0 Å². The van der Waals surface area contributed by atoms with Gasteiger partial charge in [-0.25, -0.2) is 0 Å². The third-order valence-corrected chi connectivity index (χ3v) is 3.65. The van der Waals surface area contributed by atoms with Gasteiger partial charge in [0.05, 0.1) is 11.6 Å². The first-order chi connectivity index (χ1) is 11.3. The second-order valence-corrected chi connectivity index (χ2v) is 5.36. The molecule has 1 heterocycles. The van der Waals surface area contributed by atoms with Crippen LogP contribution in [0.25, 0.3) is 0 Å². The molecule has 1 aromatic carbocycles. The summed E-state index contributed by atoms with van der Waals surface area (Å²) in [6, 6.07) is 8.60. The first-order valence-electron chi connectivity index (χ1n) is 7.19. The minimum atomic E-state index is -0.752. The molecule has 1 aromatic rings. The Kier molecular flexibility index (Phi) is 4.90. The Morgan fingerprint density at radius 2 is 1.96 bits per heavy atom. The molecule has 0 saturated carbocycles. The first kappa shape index (κ1) is 17.1. The molecule has 1 N–H and O–H groups in total. The number of carbonyl (C=O) groups is 3. The van der Waals surface area contributed by atoms with E-state index in [0.717, 1.165) is 4.90 Å². The fourth-order valence-corrected chi connectivity index (χ4v) is 2.29. The lowest BCUT2D eigenvalue weighted by atomic mass is 9.91. The predicted molar refractivity (Wildman–Crippen MR) is 88.5 cm³/mol. The molecule has 0 radical (unpaired) electrons. The van der Waals surface area contributed by atoms with E-state index in [4.69, 9.17) is 5.26 Å². The van der Waals surface area contributed by atoms with Crippen LogP contribution >= 0.6 is 0 Å². The summed E-state index contributed by atoms with van der Waals surface area (Å²) in [6.45, 7) is 3.00. The average Bonchev–Trinajstić information content (AvgIpc) is 2.54. The van der Waals surface area contributed by atoms with Crippen molar-refractivity contribution in [3.05, 3.63) is 35.4 Å². The van der Waals surface area contributed by atoms with Gasteiger partial charge in [-0.1, -0.05) is 0 Å². The van der Waals surface area contributed by atoms with Crippen molar-refractivity contribution in [2.24, 2.45) is 10.9 Å². The molecule has 0 spiro atoms. The topological polar surface area (TPSA) is 103 Å². The van der Waals surface area contributed by atoms with E-state index in [9.17, 15) is 14.4 Å². The lowest BCUT2D eigenvalue weighted by molar-refractivity contribution is -0.142. The molecule has 0 fully saturated rings. The van der Waals surface area contributed by atoms with Crippen LogP contribution in [0.1, 0.15) is 13.8 Å². The van der Waals surface area contributed by atoms with Crippen LogP contribution < -0.4 is 5.32 Å². The number of anilines is 1. The molecule has 0 aliphatic carbocycles. The summed E-state index contributed by atoms with van der Waals surface area (Å²) in [5.41, 5.74) is 1.59. The van der Waals surface area contributed by atoms with Gasteiger partial charge in [-0.2, -0.15) is 5.26 Å². The van der Waals surface area contributed by atoms with Gasteiger partial charge in [0, 0.05) is 25.9 Å². The summed E-state index contributed by atoms with van der Waals surface area (Å²) in [6.07, 6.45) is 1.42. The number of likely N-dealkylation sites (N-methyl/N-ethyl adjacent to an activating group) is 1. The lowest BCUT2D eigenvalue weighted by Gasteiger charge is -2.26. The van der Waals surface area contributed by atoms with E-state index >= 15 is 0 Å². The van der Waals surface area contributed by atoms with E-state index in [1.165, 1.54) is 20.2 Å². The van der Waals surface area contributed by atoms with Gasteiger partial charge in [-0.05, 0) is 36.8 Å². The highest BCUT2D eigenvalue weighted by molar-refractivity contribution is 6.15. The van der Waals surface area contributed by atoms with E-state index < -0.39 is 17.7 Å². The van der Waals surface area contributed by atoms with E-state index in [1.54, 1.807) is 31.2 Å². The lowest BCUT2D eigenvalue weighted by Crippen LogP contribution is -2.44. The predicted octanol–water partition coefficient (Wildman–Crippen LogP) is 1.80. The number of carbonyl (C=O) groups excluding carboxylic acids is 3. The highest BCUT2D eigenvalue weighted by Crippen LogP contribution is 2.24. The van der Waals surface area contributed by atoms with Crippen molar-refractivity contribution in [3.8, 4) is 6.07 Å². The standard InChI is InChI=1S/C17H16N4O3/c1-10-14(8-18)16(23)21(3)17(24)15(10)9-19-12-4-6-13(7-5-12)20-11(2)22/h4-7,9,15H,1-3H3,(H,20,22). The van der Waals surface area contributed by atoms with Gasteiger partial charge >= 0.3 is 0 Å². The molecule has 0 aromatic heterocycles. The number of imide groups is 1. The third kappa shape index (κ3) is 3.38. The quantitative estimate of drug-likeness (QED) is 0.676. The van der Waals surface area contributed by atoms with E-state index in [1.807, 2.05) is 6.07 Å². The van der Waals surface area contributed by atoms with Crippen molar-refractivity contribution >= 4 is 35.3 Å². The Morgan fingerprint density at radius 3 is 2.50 bits per heavy atom. The molecule has 7 heteroatoms. The van der Waals surface area contributed by atoms with Crippen molar-refractivity contribution < 1.29 is 14.4 Å². The summed E-state index contributed by atoms with van der Waals surface area (Å²) in [7, 11) is 1.34. The van der Waals surface area contributed by atoms with Crippen LogP contribution in [0, 0.1) is 17.2 Å². The molecule has 1 atom stereocenters.